The molecule has 0 aliphatic heterocycles. The first kappa shape index (κ1) is 10.2. The van der Waals surface area contributed by atoms with E-state index in [0.717, 1.165) is 5.82 Å². The molecule has 1 rings (SSSR count). The average molecular weight is 184 g/mol. The van der Waals surface area contributed by atoms with Crippen molar-refractivity contribution in [3.63, 3.8) is 0 Å². The second-order valence-electron chi connectivity index (χ2n) is 3.59. The minimum atomic E-state index is -0.311. The predicted molar refractivity (Wildman–Crippen MR) is 48.4 cm³/mol. The standard InChI is InChI=1S/C9H16N2O2/c1-6(2)9-10-8(13-11-9)5-4-7(3)12/h6-7,12H,4-5H2,1-3H3. The van der Waals surface area contributed by atoms with Crippen molar-refractivity contribution in [1.82, 2.24) is 10.1 Å². The number of hydrogen-bond donors (Lipinski definition) is 1. The van der Waals surface area contributed by atoms with Crippen LogP contribution in [0.3, 0.4) is 0 Å². The first-order valence-electron chi connectivity index (χ1n) is 4.60. The Bertz CT molecular complexity index is 256. The zero-order chi connectivity index (χ0) is 9.84. The summed E-state index contributed by atoms with van der Waals surface area (Å²) in [6, 6.07) is 0. The molecule has 1 N–H and O–H groups in total. The van der Waals surface area contributed by atoms with E-state index in [1.165, 1.54) is 0 Å². The number of rotatable bonds is 4. The highest BCUT2D eigenvalue weighted by Crippen LogP contribution is 2.10. The van der Waals surface area contributed by atoms with Gasteiger partial charge < -0.3 is 9.63 Å². The summed E-state index contributed by atoms with van der Waals surface area (Å²) >= 11 is 0. The Morgan fingerprint density at radius 1 is 1.38 bits per heavy atom. The van der Waals surface area contributed by atoms with Crippen molar-refractivity contribution < 1.29 is 9.63 Å². The van der Waals surface area contributed by atoms with Gasteiger partial charge >= 0.3 is 0 Å². The molecule has 13 heavy (non-hydrogen) atoms. The molecule has 1 unspecified atom stereocenters. The number of aromatic nitrogens is 2. The van der Waals surface area contributed by atoms with Crippen molar-refractivity contribution in [3.05, 3.63) is 11.7 Å². The smallest absolute Gasteiger partial charge is 0.226 e. The van der Waals surface area contributed by atoms with Crippen LogP contribution in [0.1, 0.15) is 44.8 Å². The van der Waals surface area contributed by atoms with Crippen molar-refractivity contribution in [2.45, 2.75) is 45.6 Å². The van der Waals surface area contributed by atoms with Crippen LogP contribution >= 0.6 is 0 Å². The highest BCUT2D eigenvalue weighted by molar-refractivity contribution is 4.91. The van der Waals surface area contributed by atoms with Gasteiger partial charge in [-0.15, -0.1) is 0 Å². The number of aliphatic hydroxyl groups excluding tert-OH is 1. The lowest BCUT2D eigenvalue weighted by Crippen LogP contribution is -2.01. The third kappa shape index (κ3) is 3.14. The molecule has 0 aliphatic rings. The van der Waals surface area contributed by atoms with E-state index in [1.807, 2.05) is 13.8 Å². The fourth-order valence-corrected chi connectivity index (χ4v) is 0.936. The Morgan fingerprint density at radius 3 is 2.54 bits per heavy atom. The first-order valence-corrected chi connectivity index (χ1v) is 4.60. The topological polar surface area (TPSA) is 59.2 Å². The molecule has 1 heterocycles. The normalized spacial score (nSPS) is 13.6. The van der Waals surface area contributed by atoms with Crippen LogP contribution in [-0.2, 0) is 6.42 Å². The minimum absolute atomic E-state index is 0.295. The van der Waals surface area contributed by atoms with E-state index in [0.29, 0.717) is 24.7 Å². The van der Waals surface area contributed by atoms with Crippen molar-refractivity contribution in [3.8, 4) is 0 Å². The van der Waals surface area contributed by atoms with Crippen molar-refractivity contribution in [2.75, 3.05) is 0 Å². The molecule has 0 aliphatic carbocycles. The van der Waals surface area contributed by atoms with Gasteiger partial charge in [-0.1, -0.05) is 19.0 Å². The maximum atomic E-state index is 9.04. The molecule has 0 saturated carbocycles. The summed E-state index contributed by atoms with van der Waals surface area (Å²) in [6.45, 7) is 5.78. The van der Waals surface area contributed by atoms with Crippen molar-refractivity contribution in [2.24, 2.45) is 0 Å². The summed E-state index contributed by atoms with van der Waals surface area (Å²) in [5.41, 5.74) is 0. The molecule has 4 nitrogen and oxygen atoms in total. The monoisotopic (exact) mass is 184 g/mol. The van der Waals surface area contributed by atoms with Gasteiger partial charge in [-0.25, -0.2) is 0 Å². The maximum absolute atomic E-state index is 9.04. The lowest BCUT2D eigenvalue weighted by atomic mass is 10.2. The van der Waals surface area contributed by atoms with E-state index in [9.17, 15) is 0 Å². The van der Waals surface area contributed by atoms with E-state index in [-0.39, 0.29) is 6.10 Å². The van der Waals surface area contributed by atoms with Crippen LogP contribution in [-0.4, -0.2) is 21.4 Å². The van der Waals surface area contributed by atoms with Gasteiger partial charge in [0.05, 0.1) is 6.10 Å². The largest absolute Gasteiger partial charge is 0.393 e. The lowest BCUT2D eigenvalue weighted by Gasteiger charge is -1.98. The van der Waals surface area contributed by atoms with Crippen LogP contribution < -0.4 is 0 Å². The van der Waals surface area contributed by atoms with E-state index >= 15 is 0 Å². The third-order valence-electron chi connectivity index (χ3n) is 1.78. The average Bonchev–Trinajstić information content (AvgIpc) is 2.48. The van der Waals surface area contributed by atoms with Gasteiger partial charge in [0.2, 0.25) is 5.89 Å². The van der Waals surface area contributed by atoms with Crippen LogP contribution in [0.5, 0.6) is 0 Å². The fraction of sp³-hybridized carbons (Fsp3) is 0.778. The molecular weight excluding hydrogens is 168 g/mol. The second kappa shape index (κ2) is 4.37. The van der Waals surface area contributed by atoms with Gasteiger partial charge in [0.15, 0.2) is 5.82 Å². The summed E-state index contributed by atoms with van der Waals surface area (Å²) in [5, 5.41) is 12.9. The van der Waals surface area contributed by atoms with Gasteiger partial charge in [0.25, 0.3) is 0 Å². The molecule has 1 atom stereocenters. The Balaban J connectivity index is 2.49. The summed E-state index contributed by atoms with van der Waals surface area (Å²) in [6.07, 6.45) is 1.01. The SMILES string of the molecule is CC(O)CCc1nc(C(C)C)no1. The van der Waals surface area contributed by atoms with Crippen molar-refractivity contribution in [1.29, 1.82) is 0 Å². The predicted octanol–water partition coefficient (Wildman–Crippen LogP) is 1.51. The van der Waals surface area contributed by atoms with Crippen LogP contribution in [0.2, 0.25) is 0 Å². The molecule has 0 fully saturated rings. The molecule has 0 spiro atoms. The third-order valence-corrected chi connectivity index (χ3v) is 1.78. The molecule has 0 radical (unpaired) electrons. The van der Waals surface area contributed by atoms with Gasteiger partial charge in [0, 0.05) is 12.3 Å². The Labute approximate surface area is 78.0 Å². The van der Waals surface area contributed by atoms with Gasteiger partial charge in [0.1, 0.15) is 0 Å². The van der Waals surface area contributed by atoms with Gasteiger partial charge in [-0.3, -0.25) is 0 Å². The maximum Gasteiger partial charge on any atom is 0.226 e. The Hall–Kier alpha value is -0.900. The van der Waals surface area contributed by atoms with Crippen LogP contribution in [0.4, 0.5) is 0 Å². The minimum Gasteiger partial charge on any atom is -0.393 e. The van der Waals surface area contributed by atoms with E-state index in [1.54, 1.807) is 6.92 Å². The quantitative estimate of drug-likeness (QED) is 0.770. The summed E-state index contributed by atoms with van der Waals surface area (Å²) in [7, 11) is 0. The van der Waals surface area contributed by atoms with Gasteiger partial charge in [-0.2, -0.15) is 4.98 Å². The first-order chi connectivity index (χ1) is 6.09. The summed E-state index contributed by atoms with van der Waals surface area (Å²) < 4.78 is 5.00. The molecule has 0 saturated heterocycles. The van der Waals surface area contributed by atoms with E-state index in [2.05, 4.69) is 10.1 Å². The highest BCUT2D eigenvalue weighted by Gasteiger charge is 2.09. The van der Waals surface area contributed by atoms with Gasteiger partial charge in [-0.05, 0) is 13.3 Å². The molecule has 0 bridgehead atoms. The van der Waals surface area contributed by atoms with Crippen molar-refractivity contribution >= 4 is 0 Å². The molecule has 0 aromatic carbocycles. The lowest BCUT2D eigenvalue weighted by molar-refractivity contribution is 0.180. The van der Waals surface area contributed by atoms with Crippen LogP contribution in [0.25, 0.3) is 0 Å². The highest BCUT2D eigenvalue weighted by atomic mass is 16.5. The molecule has 74 valence electrons. The van der Waals surface area contributed by atoms with E-state index in [4.69, 9.17) is 9.63 Å². The molecular formula is C9H16N2O2. The Morgan fingerprint density at radius 2 is 2.08 bits per heavy atom. The summed E-state index contributed by atoms with van der Waals surface area (Å²) in [5.74, 6) is 1.65. The molecule has 0 amide bonds. The number of nitrogens with zero attached hydrogens (tertiary/aromatic N) is 2. The zero-order valence-electron chi connectivity index (χ0n) is 8.32. The molecule has 1 aromatic heterocycles. The second-order valence-corrected chi connectivity index (χ2v) is 3.59. The zero-order valence-corrected chi connectivity index (χ0v) is 8.32. The number of aliphatic hydroxyl groups is 1. The molecule has 4 heteroatoms. The van der Waals surface area contributed by atoms with E-state index < -0.39 is 0 Å². The van der Waals surface area contributed by atoms with Crippen LogP contribution in [0, 0.1) is 0 Å². The summed E-state index contributed by atoms with van der Waals surface area (Å²) in [4.78, 5) is 4.19. The fourth-order valence-electron chi connectivity index (χ4n) is 0.936. The van der Waals surface area contributed by atoms with Crippen LogP contribution in [0.15, 0.2) is 4.52 Å². The number of aryl methyl sites for hydroxylation is 1. The Kier molecular flexibility index (Phi) is 3.42. The number of hydrogen-bond acceptors (Lipinski definition) is 4. The molecule has 1 aromatic rings.